The SMILES string of the molecule is Clc1ccc(CN2C=C(Br)C(Br)S2)cc1. The molecule has 1 aromatic rings. The van der Waals surface area contributed by atoms with Gasteiger partial charge in [-0.05, 0) is 29.6 Å². The fraction of sp³-hybridized carbons (Fsp3) is 0.200. The Morgan fingerprint density at radius 1 is 1.33 bits per heavy atom. The maximum absolute atomic E-state index is 5.83. The van der Waals surface area contributed by atoms with Gasteiger partial charge < -0.3 is 4.31 Å². The predicted octanol–water partition coefficient (Wildman–Crippen LogP) is 4.76. The molecule has 0 saturated carbocycles. The van der Waals surface area contributed by atoms with E-state index < -0.39 is 0 Å². The van der Waals surface area contributed by atoms with E-state index in [-0.39, 0.29) is 0 Å². The largest absolute Gasteiger partial charge is 0.317 e. The Labute approximate surface area is 115 Å². The molecule has 15 heavy (non-hydrogen) atoms. The zero-order chi connectivity index (χ0) is 10.8. The van der Waals surface area contributed by atoms with Gasteiger partial charge in [0.1, 0.15) is 4.16 Å². The summed E-state index contributed by atoms with van der Waals surface area (Å²) in [5.74, 6) is 0. The van der Waals surface area contributed by atoms with E-state index in [0.29, 0.717) is 4.16 Å². The highest BCUT2D eigenvalue weighted by Crippen LogP contribution is 2.39. The van der Waals surface area contributed by atoms with E-state index in [4.69, 9.17) is 11.6 Å². The van der Waals surface area contributed by atoms with Crippen molar-refractivity contribution in [3.63, 3.8) is 0 Å². The first-order valence-corrected chi connectivity index (χ1v) is 7.26. The van der Waals surface area contributed by atoms with E-state index in [1.807, 2.05) is 24.3 Å². The van der Waals surface area contributed by atoms with Crippen LogP contribution in [0.15, 0.2) is 34.9 Å². The molecule has 1 unspecified atom stereocenters. The van der Waals surface area contributed by atoms with E-state index in [9.17, 15) is 0 Å². The molecule has 1 aromatic carbocycles. The summed E-state index contributed by atoms with van der Waals surface area (Å²) in [5.41, 5.74) is 1.25. The summed E-state index contributed by atoms with van der Waals surface area (Å²) in [6.07, 6.45) is 2.10. The van der Waals surface area contributed by atoms with E-state index in [1.165, 1.54) is 10.0 Å². The zero-order valence-electron chi connectivity index (χ0n) is 7.66. The van der Waals surface area contributed by atoms with Gasteiger partial charge in [0.2, 0.25) is 0 Å². The Hall–Kier alpha value is 0.360. The lowest BCUT2D eigenvalue weighted by atomic mass is 10.2. The first kappa shape index (κ1) is 11.8. The maximum Gasteiger partial charge on any atom is 0.113 e. The highest BCUT2D eigenvalue weighted by Gasteiger charge is 2.20. The summed E-state index contributed by atoms with van der Waals surface area (Å²) < 4.78 is 3.69. The second kappa shape index (κ2) is 5.13. The van der Waals surface area contributed by atoms with Crippen LogP contribution in [0.3, 0.4) is 0 Å². The number of hydrogen-bond donors (Lipinski definition) is 0. The summed E-state index contributed by atoms with van der Waals surface area (Å²) in [4.78, 5) is 0. The van der Waals surface area contributed by atoms with Crippen LogP contribution in [0, 0.1) is 0 Å². The molecule has 1 atom stereocenters. The van der Waals surface area contributed by atoms with Crippen LogP contribution in [0.4, 0.5) is 0 Å². The van der Waals surface area contributed by atoms with Gasteiger partial charge in [-0.15, -0.1) is 0 Å². The van der Waals surface area contributed by atoms with Crippen molar-refractivity contribution in [2.45, 2.75) is 10.7 Å². The smallest absolute Gasteiger partial charge is 0.113 e. The molecular formula is C10H8Br2ClNS. The molecular weight excluding hydrogens is 361 g/mol. The lowest BCUT2D eigenvalue weighted by Crippen LogP contribution is -2.04. The average Bonchev–Trinajstić information content (AvgIpc) is 2.50. The molecule has 0 N–H and O–H groups in total. The predicted molar refractivity (Wildman–Crippen MR) is 74.3 cm³/mol. The van der Waals surface area contributed by atoms with Crippen LogP contribution in [0.25, 0.3) is 0 Å². The Kier molecular flexibility index (Phi) is 4.04. The van der Waals surface area contributed by atoms with Gasteiger partial charge in [-0.2, -0.15) is 0 Å². The fourth-order valence-electron chi connectivity index (χ4n) is 1.25. The standard InChI is InChI=1S/C10H8Br2ClNS/c11-9-6-14(15-10(9)12)5-7-1-3-8(13)4-2-7/h1-4,6,10H,5H2. The summed E-state index contributed by atoms with van der Waals surface area (Å²) in [6.45, 7) is 0.888. The first-order valence-electron chi connectivity index (χ1n) is 4.34. The zero-order valence-corrected chi connectivity index (χ0v) is 12.4. The van der Waals surface area contributed by atoms with Crippen molar-refractivity contribution in [2.75, 3.05) is 0 Å². The number of hydrogen-bond acceptors (Lipinski definition) is 2. The van der Waals surface area contributed by atoms with Crippen molar-refractivity contribution in [2.24, 2.45) is 0 Å². The van der Waals surface area contributed by atoms with E-state index in [1.54, 1.807) is 11.9 Å². The Bertz CT molecular complexity index is 380. The van der Waals surface area contributed by atoms with Crippen molar-refractivity contribution in [3.8, 4) is 0 Å². The number of alkyl halides is 1. The molecule has 1 aliphatic heterocycles. The molecule has 2 rings (SSSR count). The molecule has 5 heteroatoms. The van der Waals surface area contributed by atoms with E-state index in [0.717, 1.165) is 11.6 Å². The van der Waals surface area contributed by atoms with Crippen LogP contribution in [0.1, 0.15) is 5.56 Å². The number of nitrogens with zero attached hydrogens (tertiary/aromatic N) is 1. The average molecular weight is 370 g/mol. The van der Waals surface area contributed by atoms with E-state index in [2.05, 4.69) is 42.4 Å². The van der Waals surface area contributed by atoms with Crippen LogP contribution < -0.4 is 0 Å². The number of halogens is 3. The topological polar surface area (TPSA) is 3.24 Å². The number of benzene rings is 1. The van der Waals surface area contributed by atoms with Crippen LogP contribution in [0.2, 0.25) is 5.02 Å². The second-order valence-corrected chi connectivity index (χ2v) is 7.16. The summed E-state index contributed by atoms with van der Waals surface area (Å²) in [7, 11) is 0. The van der Waals surface area contributed by atoms with Gasteiger partial charge >= 0.3 is 0 Å². The third kappa shape index (κ3) is 3.16. The summed E-state index contributed by atoms with van der Waals surface area (Å²) in [5, 5.41) is 0.780. The Balaban J connectivity index is 2.02. The van der Waals surface area contributed by atoms with Gasteiger partial charge in [-0.3, -0.25) is 0 Å². The second-order valence-electron chi connectivity index (χ2n) is 3.14. The Morgan fingerprint density at radius 2 is 2.00 bits per heavy atom. The third-order valence-electron chi connectivity index (χ3n) is 1.96. The third-order valence-corrected chi connectivity index (χ3v) is 5.73. The molecule has 0 aliphatic carbocycles. The van der Waals surface area contributed by atoms with Crippen LogP contribution in [0.5, 0.6) is 0 Å². The van der Waals surface area contributed by atoms with Crippen LogP contribution >= 0.6 is 55.4 Å². The molecule has 1 aliphatic rings. The molecule has 0 amide bonds. The molecule has 0 radical (unpaired) electrons. The van der Waals surface area contributed by atoms with E-state index >= 15 is 0 Å². The van der Waals surface area contributed by atoms with Gasteiger partial charge in [0.25, 0.3) is 0 Å². The highest BCUT2D eigenvalue weighted by molar-refractivity contribution is 9.15. The first-order chi connectivity index (χ1) is 7.15. The number of rotatable bonds is 2. The van der Waals surface area contributed by atoms with Gasteiger partial charge in [-0.25, -0.2) is 0 Å². The molecule has 80 valence electrons. The van der Waals surface area contributed by atoms with Gasteiger partial charge in [0.05, 0.1) is 6.54 Å². The fourth-order valence-corrected chi connectivity index (χ4v) is 3.57. The van der Waals surface area contributed by atoms with Gasteiger partial charge in [0.15, 0.2) is 0 Å². The quantitative estimate of drug-likeness (QED) is 0.546. The molecule has 1 nitrogen and oxygen atoms in total. The molecule has 1 heterocycles. The van der Waals surface area contributed by atoms with Gasteiger partial charge in [-0.1, -0.05) is 55.6 Å². The van der Waals surface area contributed by atoms with Crippen molar-refractivity contribution >= 4 is 55.4 Å². The van der Waals surface area contributed by atoms with Crippen molar-refractivity contribution in [1.82, 2.24) is 4.31 Å². The van der Waals surface area contributed by atoms with Crippen LogP contribution in [-0.4, -0.2) is 8.46 Å². The molecule has 0 bridgehead atoms. The van der Waals surface area contributed by atoms with Gasteiger partial charge in [0, 0.05) is 15.7 Å². The Morgan fingerprint density at radius 3 is 2.53 bits per heavy atom. The molecule has 0 saturated heterocycles. The molecule has 0 aromatic heterocycles. The molecule has 0 spiro atoms. The summed E-state index contributed by atoms with van der Waals surface area (Å²) >= 11 is 14.6. The molecule has 0 fully saturated rings. The monoisotopic (exact) mass is 367 g/mol. The minimum atomic E-state index is 0.338. The highest BCUT2D eigenvalue weighted by atomic mass is 79.9. The lowest BCUT2D eigenvalue weighted by molar-refractivity contribution is 0.627. The normalized spacial score (nSPS) is 20.6. The lowest BCUT2D eigenvalue weighted by Gasteiger charge is -2.14. The summed E-state index contributed by atoms with van der Waals surface area (Å²) in [6, 6.07) is 7.93. The van der Waals surface area contributed by atoms with Crippen LogP contribution in [-0.2, 0) is 6.54 Å². The minimum absolute atomic E-state index is 0.338. The maximum atomic E-state index is 5.83. The van der Waals surface area contributed by atoms with Crippen molar-refractivity contribution in [3.05, 3.63) is 45.5 Å². The van der Waals surface area contributed by atoms with Crippen molar-refractivity contribution in [1.29, 1.82) is 0 Å². The minimum Gasteiger partial charge on any atom is -0.317 e. The van der Waals surface area contributed by atoms with Crippen molar-refractivity contribution < 1.29 is 0 Å².